The molecule has 160 valence electrons. The minimum absolute atomic E-state index is 0.00217. The Hall–Kier alpha value is -2.51. The maximum absolute atomic E-state index is 12.4. The van der Waals surface area contributed by atoms with Crippen LogP contribution in [-0.2, 0) is 16.1 Å². The van der Waals surface area contributed by atoms with Gasteiger partial charge in [-0.05, 0) is 29.1 Å². The van der Waals surface area contributed by atoms with Crippen LogP contribution in [0, 0.1) is 0 Å². The van der Waals surface area contributed by atoms with Crippen molar-refractivity contribution in [2.75, 3.05) is 33.3 Å². The molecular formula is C23H28N2O4S. The lowest BCUT2D eigenvalue weighted by atomic mass is 10.1. The zero-order valence-electron chi connectivity index (χ0n) is 17.3. The summed E-state index contributed by atoms with van der Waals surface area (Å²) in [6.45, 7) is 3.85. The van der Waals surface area contributed by atoms with Crippen molar-refractivity contribution in [1.29, 1.82) is 0 Å². The van der Waals surface area contributed by atoms with Gasteiger partial charge in [-0.2, -0.15) is 0 Å². The van der Waals surface area contributed by atoms with E-state index in [1.54, 1.807) is 13.2 Å². The molecule has 0 aliphatic carbocycles. The molecule has 1 aromatic carbocycles. The maximum Gasteiger partial charge on any atom is 0.223 e. The predicted octanol–water partition coefficient (Wildman–Crippen LogP) is 3.41. The molecule has 3 rings (SSSR count). The van der Waals surface area contributed by atoms with E-state index in [0.29, 0.717) is 18.0 Å². The van der Waals surface area contributed by atoms with Gasteiger partial charge in [-0.15, -0.1) is 11.3 Å². The molecule has 0 N–H and O–H groups in total. The number of hydrogen-bond acceptors (Lipinski definition) is 6. The number of piperazine rings is 1. The van der Waals surface area contributed by atoms with Crippen molar-refractivity contribution in [3.8, 4) is 5.75 Å². The molecule has 1 amide bonds. The van der Waals surface area contributed by atoms with Crippen molar-refractivity contribution in [1.82, 2.24) is 9.80 Å². The summed E-state index contributed by atoms with van der Waals surface area (Å²) in [5, 5.41) is 1.85. The maximum atomic E-state index is 12.4. The number of ketones is 2. The SMILES string of the molecule is COc1ccc(CN2CCN(C(=O)CCC(=O)CCC(=O)c3cccs3)CC2)cc1. The molecular weight excluding hydrogens is 400 g/mol. The first kappa shape index (κ1) is 22.2. The first-order chi connectivity index (χ1) is 14.5. The number of amides is 1. The summed E-state index contributed by atoms with van der Waals surface area (Å²) in [5.74, 6) is 0.848. The number of thiophene rings is 1. The van der Waals surface area contributed by atoms with Crippen LogP contribution in [0.15, 0.2) is 41.8 Å². The van der Waals surface area contributed by atoms with Gasteiger partial charge in [0, 0.05) is 58.4 Å². The zero-order valence-corrected chi connectivity index (χ0v) is 18.2. The fourth-order valence-electron chi connectivity index (χ4n) is 3.49. The van der Waals surface area contributed by atoms with E-state index in [9.17, 15) is 14.4 Å². The Balaban J connectivity index is 1.33. The van der Waals surface area contributed by atoms with E-state index in [1.807, 2.05) is 28.5 Å². The van der Waals surface area contributed by atoms with Crippen LogP contribution in [-0.4, -0.2) is 60.6 Å². The fraction of sp³-hybridized carbons (Fsp3) is 0.435. The van der Waals surface area contributed by atoms with E-state index in [0.717, 1.165) is 25.4 Å². The number of benzene rings is 1. The van der Waals surface area contributed by atoms with Crippen LogP contribution in [0.4, 0.5) is 0 Å². The number of methoxy groups -OCH3 is 1. The number of Topliss-reactive ketones (excluding diaryl/α,β-unsaturated/α-hetero) is 2. The molecule has 0 radical (unpaired) electrons. The Morgan fingerprint density at radius 1 is 0.933 bits per heavy atom. The van der Waals surface area contributed by atoms with Gasteiger partial charge in [0.15, 0.2) is 5.78 Å². The first-order valence-corrected chi connectivity index (χ1v) is 11.1. The third-order valence-electron chi connectivity index (χ3n) is 5.33. The van der Waals surface area contributed by atoms with Crippen LogP contribution in [0.3, 0.4) is 0 Å². The molecule has 30 heavy (non-hydrogen) atoms. The lowest BCUT2D eigenvalue weighted by molar-refractivity contribution is -0.134. The zero-order chi connectivity index (χ0) is 21.3. The van der Waals surface area contributed by atoms with Gasteiger partial charge in [-0.3, -0.25) is 19.3 Å². The molecule has 1 saturated heterocycles. The van der Waals surface area contributed by atoms with Crippen LogP contribution in [0.5, 0.6) is 5.75 Å². The van der Waals surface area contributed by atoms with Gasteiger partial charge in [0.25, 0.3) is 0 Å². The smallest absolute Gasteiger partial charge is 0.223 e. The molecule has 0 saturated carbocycles. The van der Waals surface area contributed by atoms with Gasteiger partial charge in [0.2, 0.25) is 5.91 Å². The number of carbonyl (C=O) groups excluding carboxylic acids is 3. The van der Waals surface area contributed by atoms with Gasteiger partial charge in [0.05, 0.1) is 12.0 Å². The Kier molecular flexibility index (Phi) is 8.16. The van der Waals surface area contributed by atoms with E-state index >= 15 is 0 Å². The molecule has 6 nitrogen and oxygen atoms in total. The fourth-order valence-corrected chi connectivity index (χ4v) is 4.18. The topological polar surface area (TPSA) is 66.9 Å². The molecule has 1 aliphatic rings. The standard InChI is InChI=1S/C23H28N2O4S/c1-29-20-8-4-18(5-9-20)17-24-12-14-25(15-13-24)23(28)11-7-19(26)6-10-21(27)22-3-2-16-30-22/h2-5,8-9,16H,6-7,10-15,17H2,1H3. The third kappa shape index (κ3) is 6.50. The highest BCUT2D eigenvalue weighted by Gasteiger charge is 2.21. The number of rotatable bonds is 10. The van der Waals surface area contributed by atoms with Crippen LogP contribution in [0.2, 0.25) is 0 Å². The molecule has 1 aliphatic heterocycles. The molecule has 2 aromatic rings. The molecule has 0 spiro atoms. The van der Waals surface area contributed by atoms with Crippen LogP contribution in [0.1, 0.15) is 40.9 Å². The predicted molar refractivity (Wildman–Crippen MR) is 117 cm³/mol. The summed E-state index contributed by atoms with van der Waals surface area (Å²) in [7, 11) is 1.66. The molecule has 1 aromatic heterocycles. The van der Waals surface area contributed by atoms with Crippen LogP contribution >= 0.6 is 11.3 Å². The van der Waals surface area contributed by atoms with Crippen molar-refractivity contribution in [2.24, 2.45) is 0 Å². The van der Waals surface area contributed by atoms with Gasteiger partial charge < -0.3 is 9.64 Å². The van der Waals surface area contributed by atoms with E-state index in [1.165, 1.54) is 16.9 Å². The average molecular weight is 429 g/mol. The minimum atomic E-state index is -0.0219. The second kappa shape index (κ2) is 11.0. The number of ether oxygens (including phenoxy) is 1. The highest BCUT2D eigenvalue weighted by Crippen LogP contribution is 2.15. The minimum Gasteiger partial charge on any atom is -0.497 e. The van der Waals surface area contributed by atoms with Gasteiger partial charge >= 0.3 is 0 Å². The summed E-state index contributed by atoms with van der Waals surface area (Å²) in [4.78, 5) is 41.3. The summed E-state index contributed by atoms with van der Waals surface area (Å²) in [6, 6.07) is 11.6. The first-order valence-electron chi connectivity index (χ1n) is 10.3. The monoisotopic (exact) mass is 428 g/mol. The summed E-state index contributed by atoms with van der Waals surface area (Å²) < 4.78 is 5.19. The highest BCUT2D eigenvalue weighted by atomic mass is 32.1. The lowest BCUT2D eigenvalue weighted by Gasteiger charge is -2.34. The Morgan fingerprint density at radius 3 is 2.27 bits per heavy atom. The van der Waals surface area contributed by atoms with Crippen molar-refractivity contribution in [3.63, 3.8) is 0 Å². The quantitative estimate of drug-likeness (QED) is 0.543. The molecule has 2 heterocycles. The Bertz CT molecular complexity index is 841. The van der Waals surface area contributed by atoms with E-state index in [4.69, 9.17) is 4.74 Å². The Labute approximate surface area is 181 Å². The molecule has 7 heteroatoms. The highest BCUT2D eigenvalue weighted by molar-refractivity contribution is 7.12. The summed E-state index contributed by atoms with van der Waals surface area (Å²) >= 11 is 1.39. The normalized spacial score (nSPS) is 14.5. The third-order valence-corrected chi connectivity index (χ3v) is 6.25. The molecule has 0 unspecified atom stereocenters. The second-order valence-corrected chi connectivity index (χ2v) is 8.39. The molecule has 0 atom stereocenters. The van der Waals surface area contributed by atoms with Crippen molar-refractivity contribution >= 4 is 28.8 Å². The van der Waals surface area contributed by atoms with Gasteiger partial charge in [0.1, 0.15) is 11.5 Å². The van der Waals surface area contributed by atoms with Crippen molar-refractivity contribution in [2.45, 2.75) is 32.2 Å². The van der Waals surface area contributed by atoms with Crippen molar-refractivity contribution in [3.05, 3.63) is 52.2 Å². The second-order valence-electron chi connectivity index (χ2n) is 7.44. The largest absolute Gasteiger partial charge is 0.497 e. The van der Waals surface area contributed by atoms with Crippen LogP contribution in [0.25, 0.3) is 0 Å². The number of nitrogens with zero attached hydrogens (tertiary/aromatic N) is 2. The van der Waals surface area contributed by atoms with Gasteiger partial charge in [-0.25, -0.2) is 0 Å². The van der Waals surface area contributed by atoms with Crippen molar-refractivity contribution < 1.29 is 19.1 Å². The number of carbonyl (C=O) groups is 3. The Morgan fingerprint density at radius 2 is 1.63 bits per heavy atom. The summed E-state index contributed by atoms with van der Waals surface area (Å²) in [5.41, 5.74) is 1.22. The van der Waals surface area contributed by atoms with Crippen LogP contribution < -0.4 is 4.74 Å². The van der Waals surface area contributed by atoms with Gasteiger partial charge in [-0.1, -0.05) is 18.2 Å². The summed E-state index contributed by atoms with van der Waals surface area (Å²) in [6.07, 6.45) is 0.865. The average Bonchev–Trinajstić information content (AvgIpc) is 3.32. The molecule has 1 fully saturated rings. The van der Waals surface area contributed by atoms with E-state index in [-0.39, 0.29) is 43.2 Å². The lowest BCUT2D eigenvalue weighted by Crippen LogP contribution is -2.48. The molecule has 0 bridgehead atoms. The van der Waals surface area contributed by atoms with E-state index < -0.39 is 0 Å². The number of hydrogen-bond donors (Lipinski definition) is 0. The van der Waals surface area contributed by atoms with E-state index in [2.05, 4.69) is 17.0 Å².